The van der Waals surface area contributed by atoms with E-state index in [0.717, 1.165) is 29.0 Å². The van der Waals surface area contributed by atoms with Crippen LogP contribution in [-0.2, 0) is 21.0 Å². The van der Waals surface area contributed by atoms with Gasteiger partial charge >= 0.3 is 6.18 Å². The van der Waals surface area contributed by atoms with E-state index < -0.39 is 39.1 Å². The van der Waals surface area contributed by atoms with E-state index in [4.69, 9.17) is 0 Å². The fourth-order valence-electron chi connectivity index (χ4n) is 1.98. The molecule has 1 amide bonds. The number of benzene rings is 1. The second-order valence-corrected chi connectivity index (χ2v) is 8.27. The van der Waals surface area contributed by atoms with E-state index in [2.05, 4.69) is 10.3 Å². The van der Waals surface area contributed by atoms with Crippen LogP contribution in [0.5, 0.6) is 0 Å². The maximum atomic E-state index is 12.7. The molecular weight excluding hydrogens is 403 g/mol. The van der Waals surface area contributed by atoms with Crippen molar-refractivity contribution in [3.8, 4) is 0 Å². The number of halogens is 3. The van der Waals surface area contributed by atoms with Gasteiger partial charge in [0.1, 0.15) is 0 Å². The Morgan fingerprint density at radius 2 is 1.96 bits per heavy atom. The van der Waals surface area contributed by atoms with E-state index in [1.54, 1.807) is 12.1 Å². The number of hydrogen-bond acceptors (Lipinski definition) is 5. The standard InChI is InChI=1S/C16H16F3N3O3S2/c1-2-26-15-7-6-12(9-20-15)22-14(23)10-21-27(24,25)13-5-3-4-11(8-13)16(17,18)19/h3-9,21H,2,10H2,1H3,(H,22,23). The highest BCUT2D eigenvalue weighted by molar-refractivity contribution is 7.99. The van der Waals surface area contributed by atoms with Crippen molar-refractivity contribution in [3.63, 3.8) is 0 Å². The van der Waals surface area contributed by atoms with Gasteiger partial charge < -0.3 is 5.32 Å². The third-order valence-electron chi connectivity index (χ3n) is 3.21. The summed E-state index contributed by atoms with van der Waals surface area (Å²) in [5, 5.41) is 3.23. The number of aromatic nitrogens is 1. The van der Waals surface area contributed by atoms with E-state index in [9.17, 15) is 26.4 Å². The zero-order valence-corrected chi connectivity index (χ0v) is 15.7. The number of thioether (sulfide) groups is 1. The monoisotopic (exact) mass is 419 g/mol. The number of amides is 1. The van der Waals surface area contributed by atoms with Crippen LogP contribution in [0.4, 0.5) is 18.9 Å². The molecule has 0 radical (unpaired) electrons. The molecule has 0 saturated carbocycles. The molecule has 2 rings (SSSR count). The van der Waals surface area contributed by atoms with Gasteiger partial charge in [-0.05, 0) is 36.1 Å². The van der Waals surface area contributed by atoms with Crippen LogP contribution in [0.3, 0.4) is 0 Å². The fraction of sp³-hybridized carbons (Fsp3) is 0.250. The Morgan fingerprint density at radius 3 is 2.56 bits per heavy atom. The molecule has 0 aliphatic heterocycles. The molecule has 0 bridgehead atoms. The molecule has 0 saturated heterocycles. The lowest BCUT2D eigenvalue weighted by Gasteiger charge is -2.10. The highest BCUT2D eigenvalue weighted by Crippen LogP contribution is 2.30. The second kappa shape index (κ2) is 8.72. The minimum Gasteiger partial charge on any atom is -0.324 e. The Kier molecular flexibility index (Phi) is 6.84. The summed E-state index contributed by atoms with van der Waals surface area (Å²) in [6, 6.07) is 6.59. The first kappa shape index (κ1) is 21.2. The van der Waals surface area contributed by atoms with Gasteiger partial charge in [-0.3, -0.25) is 4.79 Å². The van der Waals surface area contributed by atoms with Crippen LogP contribution in [0.15, 0.2) is 52.5 Å². The maximum absolute atomic E-state index is 12.7. The third kappa shape index (κ3) is 6.22. The predicted octanol–water partition coefficient (Wildman–Crippen LogP) is 3.13. The molecule has 1 aromatic heterocycles. The first-order valence-electron chi connectivity index (χ1n) is 7.67. The molecule has 0 aliphatic carbocycles. The molecular formula is C16H16F3N3O3S2. The summed E-state index contributed by atoms with van der Waals surface area (Å²) in [6.45, 7) is 1.34. The van der Waals surface area contributed by atoms with E-state index in [1.807, 2.05) is 11.6 Å². The number of rotatable bonds is 7. The molecule has 0 spiro atoms. The van der Waals surface area contributed by atoms with Gasteiger partial charge in [0.15, 0.2) is 0 Å². The number of carbonyl (C=O) groups excluding carboxylic acids is 1. The van der Waals surface area contributed by atoms with Crippen LogP contribution >= 0.6 is 11.8 Å². The highest BCUT2D eigenvalue weighted by Gasteiger charge is 2.31. The van der Waals surface area contributed by atoms with Crippen LogP contribution in [0.25, 0.3) is 0 Å². The van der Waals surface area contributed by atoms with Crippen molar-refractivity contribution in [2.75, 3.05) is 17.6 Å². The number of nitrogens with zero attached hydrogens (tertiary/aromatic N) is 1. The van der Waals surface area contributed by atoms with Gasteiger partial charge in [0.25, 0.3) is 0 Å². The van der Waals surface area contributed by atoms with Crippen molar-refractivity contribution in [1.82, 2.24) is 9.71 Å². The topological polar surface area (TPSA) is 88.2 Å². The molecule has 0 unspecified atom stereocenters. The molecule has 1 aromatic carbocycles. The van der Waals surface area contributed by atoms with Crippen molar-refractivity contribution in [3.05, 3.63) is 48.2 Å². The van der Waals surface area contributed by atoms with Crippen molar-refractivity contribution in [2.24, 2.45) is 0 Å². The van der Waals surface area contributed by atoms with Crippen LogP contribution in [0.1, 0.15) is 12.5 Å². The van der Waals surface area contributed by atoms with Gasteiger partial charge in [0.2, 0.25) is 15.9 Å². The zero-order valence-electron chi connectivity index (χ0n) is 14.1. The summed E-state index contributed by atoms with van der Waals surface area (Å²) >= 11 is 1.52. The average Bonchev–Trinajstić information content (AvgIpc) is 2.61. The molecule has 27 heavy (non-hydrogen) atoms. The molecule has 11 heteroatoms. The smallest absolute Gasteiger partial charge is 0.324 e. The Labute approximate surface area is 158 Å². The number of sulfonamides is 1. The summed E-state index contributed by atoms with van der Waals surface area (Å²) in [6.07, 6.45) is -3.24. The van der Waals surface area contributed by atoms with Gasteiger partial charge in [-0.1, -0.05) is 13.0 Å². The largest absolute Gasteiger partial charge is 0.416 e. The van der Waals surface area contributed by atoms with Crippen molar-refractivity contribution in [1.29, 1.82) is 0 Å². The van der Waals surface area contributed by atoms with Gasteiger partial charge in [0, 0.05) is 0 Å². The highest BCUT2D eigenvalue weighted by atomic mass is 32.2. The lowest BCUT2D eigenvalue weighted by Crippen LogP contribution is -2.33. The Balaban J connectivity index is 1.99. The lowest BCUT2D eigenvalue weighted by atomic mass is 10.2. The summed E-state index contributed by atoms with van der Waals surface area (Å²) in [5.41, 5.74) is -0.718. The normalized spacial score (nSPS) is 12.0. The Bertz CT molecular complexity index is 901. The van der Waals surface area contributed by atoms with E-state index in [-0.39, 0.29) is 0 Å². The van der Waals surface area contributed by atoms with Gasteiger partial charge in [-0.15, -0.1) is 11.8 Å². The molecule has 2 aromatic rings. The number of hydrogen-bond donors (Lipinski definition) is 2. The van der Waals surface area contributed by atoms with Crippen molar-refractivity contribution in [2.45, 2.75) is 23.0 Å². The molecule has 0 aliphatic rings. The summed E-state index contributed by atoms with van der Waals surface area (Å²) < 4.78 is 64.3. The minimum absolute atomic E-state index is 0.374. The molecule has 0 atom stereocenters. The number of nitrogens with one attached hydrogen (secondary N) is 2. The maximum Gasteiger partial charge on any atom is 0.416 e. The quantitative estimate of drug-likeness (QED) is 0.674. The van der Waals surface area contributed by atoms with Gasteiger partial charge in [-0.2, -0.15) is 13.2 Å². The van der Waals surface area contributed by atoms with Crippen LogP contribution < -0.4 is 10.0 Å². The van der Waals surface area contributed by atoms with Crippen LogP contribution in [0.2, 0.25) is 0 Å². The third-order valence-corrected chi connectivity index (χ3v) is 5.43. The Hall–Kier alpha value is -2.11. The Morgan fingerprint density at radius 1 is 1.22 bits per heavy atom. The summed E-state index contributed by atoms with van der Waals surface area (Å²) in [7, 11) is -4.27. The number of carbonyl (C=O) groups is 1. The predicted molar refractivity (Wildman–Crippen MR) is 95.9 cm³/mol. The number of pyridine rings is 1. The molecule has 0 fully saturated rings. The van der Waals surface area contributed by atoms with E-state index >= 15 is 0 Å². The number of anilines is 1. The molecule has 146 valence electrons. The fourth-order valence-corrected chi connectivity index (χ4v) is 3.59. The van der Waals surface area contributed by atoms with Crippen molar-refractivity contribution >= 4 is 33.4 Å². The van der Waals surface area contributed by atoms with Gasteiger partial charge in [-0.25, -0.2) is 18.1 Å². The minimum atomic E-state index is -4.67. The second-order valence-electron chi connectivity index (χ2n) is 5.22. The lowest BCUT2D eigenvalue weighted by molar-refractivity contribution is -0.137. The van der Waals surface area contributed by atoms with Crippen LogP contribution in [-0.4, -0.2) is 31.6 Å². The zero-order chi connectivity index (χ0) is 20.1. The number of alkyl halides is 3. The van der Waals surface area contributed by atoms with E-state index in [0.29, 0.717) is 11.8 Å². The first-order valence-corrected chi connectivity index (χ1v) is 10.1. The summed E-state index contributed by atoms with van der Waals surface area (Å²) in [4.78, 5) is 15.4. The average molecular weight is 419 g/mol. The SMILES string of the molecule is CCSc1ccc(NC(=O)CNS(=O)(=O)c2cccc(C(F)(F)F)c2)cn1. The molecule has 2 N–H and O–H groups in total. The van der Waals surface area contributed by atoms with Gasteiger partial charge in [0.05, 0.1) is 33.9 Å². The summed E-state index contributed by atoms with van der Waals surface area (Å²) in [5.74, 6) is 0.166. The van der Waals surface area contributed by atoms with Crippen LogP contribution in [0, 0.1) is 0 Å². The first-order chi connectivity index (χ1) is 12.6. The van der Waals surface area contributed by atoms with E-state index in [1.165, 1.54) is 18.0 Å². The molecule has 1 heterocycles. The van der Waals surface area contributed by atoms with Crippen molar-refractivity contribution < 1.29 is 26.4 Å². The molecule has 6 nitrogen and oxygen atoms in total.